The molecule has 1 saturated carbocycles. The molecule has 0 bridgehead atoms. The molecule has 92 valence electrons. The second kappa shape index (κ2) is 3.22. The summed E-state index contributed by atoms with van der Waals surface area (Å²) >= 11 is 0. The minimum absolute atomic E-state index is 0.139. The van der Waals surface area contributed by atoms with Crippen molar-refractivity contribution in [2.75, 3.05) is 5.75 Å². The molecule has 1 aliphatic carbocycles. The first-order valence-electron chi connectivity index (χ1n) is 5.70. The van der Waals surface area contributed by atoms with Crippen LogP contribution in [0, 0.1) is 11.3 Å². The topological polar surface area (TPSA) is 71.4 Å². The highest BCUT2D eigenvalue weighted by molar-refractivity contribution is 7.93. The number of rotatable bonds is 2. The molecule has 1 atom stereocenters. The van der Waals surface area contributed by atoms with Gasteiger partial charge in [0, 0.05) is 0 Å². The lowest BCUT2D eigenvalue weighted by molar-refractivity contribution is -0.161. The average Bonchev–Trinajstić information content (AvgIpc) is 2.24. The molecule has 0 aromatic carbocycles. The number of carboxylic acid groups (broad SMARTS) is 1. The average molecular weight is 246 g/mol. The number of hydrogen-bond donors (Lipinski definition) is 1. The summed E-state index contributed by atoms with van der Waals surface area (Å²) in [7, 11) is -3.13. The highest BCUT2D eigenvalue weighted by Gasteiger charge is 2.61. The highest BCUT2D eigenvalue weighted by Crippen LogP contribution is 2.56. The minimum atomic E-state index is -3.13. The molecule has 0 amide bonds. The van der Waals surface area contributed by atoms with E-state index in [0.717, 1.165) is 6.42 Å². The van der Waals surface area contributed by atoms with Gasteiger partial charge >= 0.3 is 5.97 Å². The predicted octanol–water partition coefficient (Wildman–Crippen LogP) is 1.45. The molecule has 1 unspecified atom stereocenters. The zero-order chi connectivity index (χ0) is 12.2. The molecule has 0 radical (unpaired) electrons. The molecule has 4 nitrogen and oxygen atoms in total. The Kier molecular flexibility index (Phi) is 2.39. The lowest BCUT2D eigenvalue weighted by Gasteiger charge is -2.46. The van der Waals surface area contributed by atoms with Gasteiger partial charge in [0.1, 0.15) is 0 Å². The second-order valence-corrected chi connectivity index (χ2v) is 8.27. The van der Waals surface area contributed by atoms with E-state index in [2.05, 4.69) is 0 Å². The maximum absolute atomic E-state index is 11.9. The third-order valence-electron chi connectivity index (χ3n) is 4.65. The molecule has 2 aliphatic rings. The second-order valence-electron chi connectivity index (χ2n) is 5.58. The monoisotopic (exact) mass is 246 g/mol. The maximum atomic E-state index is 11.9. The third-order valence-corrected chi connectivity index (χ3v) is 7.32. The van der Waals surface area contributed by atoms with E-state index in [1.54, 1.807) is 13.8 Å². The van der Waals surface area contributed by atoms with Crippen molar-refractivity contribution in [3.8, 4) is 0 Å². The van der Waals surface area contributed by atoms with Gasteiger partial charge in [-0.05, 0) is 39.0 Å². The van der Waals surface area contributed by atoms with Crippen LogP contribution in [-0.2, 0) is 14.6 Å². The van der Waals surface area contributed by atoms with Crippen molar-refractivity contribution in [3.63, 3.8) is 0 Å². The van der Waals surface area contributed by atoms with Gasteiger partial charge in [-0.1, -0.05) is 6.42 Å². The van der Waals surface area contributed by atoms with Crippen LogP contribution in [0.25, 0.3) is 0 Å². The van der Waals surface area contributed by atoms with Crippen LogP contribution in [-0.4, -0.2) is 30.0 Å². The van der Waals surface area contributed by atoms with Gasteiger partial charge in [-0.25, -0.2) is 8.42 Å². The van der Waals surface area contributed by atoms with Gasteiger partial charge in [-0.3, -0.25) is 4.79 Å². The Bertz CT molecular complexity index is 417. The zero-order valence-electron chi connectivity index (χ0n) is 9.69. The smallest absolute Gasteiger partial charge is 0.309 e. The van der Waals surface area contributed by atoms with E-state index >= 15 is 0 Å². The van der Waals surface area contributed by atoms with E-state index in [4.69, 9.17) is 0 Å². The van der Waals surface area contributed by atoms with Crippen LogP contribution < -0.4 is 0 Å². The number of hydrogen-bond acceptors (Lipinski definition) is 3. The molecule has 1 N–H and O–H groups in total. The quantitative estimate of drug-likeness (QED) is 0.800. The summed E-state index contributed by atoms with van der Waals surface area (Å²) in [6.07, 6.45) is 2.67. The summed E-state index contributed by atoms with van der Waals surface area (Å²) in [6.45, 7) is 3.37. The fourth-order valence-corrected chi connectivity index (χ4v) is 5.16. The molecular formula is C11H18O4S. The van der Waals surface area contributed by atoms with Crippen LogP contribution in [0.5, 0.6) is 0 Å². The largest absolute Gasteiger partial charge is 0.481 e. The fraction of sp³-hybridized carbons (Fsp3) is 0.909. The normalized spacial score (nSPS) is 34.2. The molecule has 2 rings (SSSR count). The van der Waals surface area contributed by atoms with Crippen LogP contribution >= 0.6 is 0 Å². The predicted molar refractivity (Wildman–Crippen MR) is 59.9 cm³/mol. The Labute approximate surface area is 96.0 Å². The Morgan fingerprint density at radius 3 is 2.12 bits per heavy atom. The first-order chi connectivity index (χ1) is 7.24. The van der Waals surface area contributed by atoms with Crippen molar-refractivity contribution in [1.82, 2.24) is 0 Å². The number of carbonyl (C=O) groups is 1. The lowest BCUT2D eigenvalue weighted by atomic mass is 9.57. The summed E-state index contributed by atoms with van der Waals surface area (Å²) in [5.74, 6) is -0.898. The molecule has 0 aromatic heterocycles. The van der Waals surface area contributed by atoms with Crippen molar-refractivity contribution in [2.24, 2.45) is 11.3 Å². The van der Waals surface area contributed by atoms with Crippen molar-refractivity contribution in [2.45, 2.75) is 44.3 Å². The van der Waals surface area contributed by atoms with Gasteiger partial charge in [-0.2, -0.15) is 0 Å². The Balaban J connectivity index is 2.40. The minimum Gasteiger partial charge on any atom is -0.481 e. The van der Waals surface area contributed by atoms with E-state index in [1.807, 2.05) is 0 Å². The van der Waals surface area contributed by atoms with E-state index in [0.29, 0.717) is 19.3 Å². The Morgan fingerprint density at radius 1 is 1.31 bits per heavy atom. The molecule has 1 heterocycles. The molecule has 1 saturated heterocycles. The Hall–Kier alpha value is -0.580. The molecule has 5 heteroatoms. The summed E-state index contributed by atoms with van der Waals surface area (Å²) in [4.78, 5) is 11.4. The van der Waals surface area contributed by atoms with Crippen LogP contribution in [0.1, 0.15) is 39.5 Å². The van der Waals surface area contributed by atoms with Crippen LogP contribution in [0.2, 0.25) is 0 Å². The van der Waals surface area contributed by atoms with Gasteiger partial charge in [0.15, 0.2) is 9.84 Å². The SMILES string of the molecule is CC1(C)C(C2(C(=O)O)CCC2)CCS1(=O)=O. The summed E-state index contributed by atoms with van der Waals surface area (Å²) in [6, 6.07) is 0. The van der Waals surface area contributed by atoms with Gasteiger partial charge in [0.2, 0.25) is 0 Å². The Morgan fingerprint density at radius 2 is 1.88 bits per heavy atom. The summed E-state index contributed by atoms with van der Waals surface area (Å²) in [5.41, 5.74) is -0.771. The van der Waals surface area contributed by atoms with Crippen molar-refractivity contribution < 1.29 is 18.3 Å². The van der Waals surface area contributed by atoms with E-state index in [-0.39, 0.29) is 11.7 Å². The molecular weight excluding hydrogens is 228 g/mol. The van der Waals surface area contributed by atoms with E-state index < -0.39 is 26.0 Å². The van der Waals surface area contributed by atoms with Gasteiger partial charge in [-0.15, -0.1) is 0 Å². The lowest BCUT2D eigenvalue weighted by Crippen LogP contribution is -2.51. The van der Waals surface area contributed by atoms with Crippen LogP contribution in [0.3, 0.4) is 0 Å². The van der Waals surface area contributed by atoms with Gasteiger partial charge in [0.25, 0.3) is 0 Å². The standard InChI is InChI=1S/C11H18O4S/c1-10(2)8(4-7-16(10,14)15)11(9(12)13)5-3-6-11/h8H,3-7H2,1-2H3,(H,12,13). The van der Waals surface area contributed by atoms with Crippen molar-refractivity contribution in [1.29, 1.82) is 0 Å². The zero-order valence-corrected chi connectivity index (χ0v) is 10.5. The van der Waals surface area contributed by atoms with Crippen molar-refractivity contribution >= 4 is 15.8 Å². The number of aliphatic carboxylic acids is 1. The maximum Gasteiger partial charge on any atom is 0.309 e. The van der Waals surface area contributed by atoms with Crippen LogP contribution in [0.4, 0.5) is 0 Å². The molecule has 1 aliphatic heterocycles. The fourth-order valence-electron chi connectivity index (χ4n) is 3.31. The molecule has 0 spiro atoms. The van der Waals surface area contributed by atoms with Gasteiger partial charge in [0.05, 0.1) is 15.9 Å². The first-order valence-corrected chi connectivity index (χ1v) is 7.35. The third kappa shape index (κ3) is 1.27. The summed E-state index contributed by atoms with van der Waals surface area (Å²) < 4.78 is 22.9. The summed E-state index contributed by atoms with van der Waals surface area (Å²) in [5, 5.41) is 9.35. The van der Waals surface area contributed by atoms with Gasteiger partial charge < -0.3 is 5.11 Å². The van der Waals surface area contributed by atoms with E-state index in [9.17, 15) is 18.3 Å². The van der Waals surface area contributed by atoms with Crippen LogP contribution in [0.15, 0.2) is 0 Å². The highest BCUT2D eigenvalue weighted by atomic mass is 32.2. The molecule has 2 fully saturated rings. The molecule has 16 heavy (non-hydrogen) atoms. The van der Waals surface area contributed by atoms with E-state index in [1.165, 1.54) is 0 Å². The first kappa shape index (κ1) is 11.9. The van der Waals surface area contributed by atoms with Crippen molar-refractivity contribution in [3.05, 3.63) is 0 Å². The number of sulfone groups is 1. The number of carboxylic acids is 1. The molecule has 0 aromatic rings.